The number of rotatable bonds is 2. The third-order valence-electron chi connectivity index (χ3n) is 3.71. The number of hydrogen-bond acceptors (Lipinski definition) is 2. The van der Waals surface area contributed by atoms with Crippen molar-refractivity contribution in [2.24, 2.45) is 0 Å². The van der Waals surface area contributed by atoms with Crippen molar-refractivity contribution < 1.29 is 13.9 Å². The Hall–Kier alpha value is -1.84. The molecule has 1 aliphatic heterocycles. The minimum atomic E-state index is -0.524. The van der Waals surface area contributed by atoms with Crippen molar-refractivity contribution in [3.63, 3.8) is 0 Å². The molecule has 1 atom stereocenters. The number of allylic oxidation sites excluding steroid dienone is 1. The van der Waals surface area contributed by atoms with Gasteiger partial charge in [0.1, 0.15) is 11.4 Å². The van der Waals surface area contributed by atoms with E-state index in [1.807, 2.05) is 27.7 Å². The second-order valence-corrected chi connectivity index (χ2v) is 6.84. The van der Waals surface area contributed by atoms with Gasteiger partial charge in [0.05, 0.1) is 6.04 Å². The van der Waals surface area contributed by atoms with E-state index in [9.17, 15) is 9.18 Å². The first-order chi connectivity index (χ1) is 10.2. The highest BCUT2D eigenvalue weighted by molar-refractivity contribution is 5.71. The number of hydrogen-bond donors (Lipinski definition) is 0. The molecule has 0 N–H and O–H groups in total. The van der Waals surface area contributed by atoms with Gasteiger partial charge in [0.25, 0.3) is 0 Å². The fourth-order valence-corrected chi connectivity index (χ4v) is 2.82. The summed E-state index contributed by atoms with van der Waals surface area (Å²) in [5.41, 5.74) is 1.99. The average molecular weight is 305 g/mol. The molecule has 0 radical (unpaired) electrons. The quantitative estimate of drug-likeness (QED) is 0.775. The molecule has 1 saturated heterocycles. The van der Waals surface area contributed by atoms with E-state index in [2.05, 4.69) is 6.58 Å². The lowest BCUT2D eigenvalue weighted by Gasteiger charge is -2.30. The van der Waals surface area contributed by atoms with Crippen molar-refractivity contribution in [3.8, 4) is 0 Å². The molecular formula is C18H24FNO2. The van der Waals surface area contributed by atoms with Crippen molar-refractivity contribution in [3.05, 3.63) is 41.7 Å². The number of nitrogens with zero attached hydrogens (tertiary/aromatic N) is 1. The summed E-state index contributed by atoms with van der Waals surface area (Å²) < 4.78 is 19.0. The highest BCUT2D eigenvalue weighted by Gasteiger charge is 2.34. The van der Waals surface area contributed by atoms with Crippen LogP contribution in [0, 0.1) is 5.82 Å². The molecule has 120 valence electrons. The number of benzene rings is 1. The Balaban J connectivity index is 2.32. The fraction of sp³-hybridized carbons (Fsp3) is 0.500. The first kappa shape index (κ1) is 16.5. The second kappa shape index (κ2) is 6.11. The molecular weight excluding hydrogens is 281 g/mol. The smallest absolute Gasteiger partial charge is 0.410 e. The van der Waals surface area contributed by atoms with E-state index in [1.165, 1.54) is 12.1 Å². The topological polar surface area (TPSA) is 29.5 Å². The molecule has 3 nitrogen and oxygen atoms in total. The van der Waals surface area contributed by atoms with Gasteiger partial charge in [-0.3, -0.25) is 0 Å². The van der Waals surface area contributed by atoms with Crippen LogP contribution in [0.25, 0.3) is 5.57 Å². The zero-order valence-electron chi connectivity index (χ0n) is 13.8. The highest BCUT2D eigenvalue weighted by atomic mass is 19.1. The van der Waals surface area contributed by atoms with E-state index in [4.69, 9.17) is 4.74 Å². The average Bonchev–Trinajstić information content (AvgIpc) is 2.85. The number of carbonyl (C=O) groups is 1. The Morgan fingerprint density at radius 1 is 1.41 bits per heavy atom. The second-order valence-electron chi connectivity index (χ2n) is 6.84. The molecule has 0 aliphatic carbocycles. The molecule has 1 heterocycles. The normalized spacial score (nSPS) is 18.4. The molecule has 1 amide bonds. The minimum absolute atomic E-state index is 0.0813. The molecule has 0 saturated carbocycles. The Bertz CT molecular complexity index is 589. The minimum Gasteiger partial charge on any atom is -0.444 e. The number of likely N-dealkylation sites (tertiary alicyclic amines) is 1. The van der Waals surface area contributed by atoms with E-state index < -0.39 is 5.60 Å². The monoisotopic (exact) mass is 305 g/mol. The molecule has 1 aliphatic rings. The largest absolute Gasteiger partial charge is 0.444 e. The van der Waals surface area contributed by atoms with Crippen LogP contribution < -0.4 is 0 Å². The lowest BCUT2D eigenvalue weighted by molar-refractivity contribution is 0.0224. The third-order valence-corrected chi connectivity index (χ3v) is 3.71. The zero-order chi connectivity index (χ0) is 16.5. The lowest BCUT2D eigenvalue weighted by atomic mass is 9.94. The summed E-state index contributed by atoms with van der Waals surface area (Å²) in [5, 5.41) is 0. The maximum Gasteiger partial charge on any atom is 0.410 e. The lowest BCUT2D eigenvalue weighted by Crippen LogP contribution is -2.36. The van der Waals surface area contributed by atoms with E-state index in [0.717, 1.165) is 29.5 Å². The van der Waals surface area contributed by atoms with Gasteiger partial charge in [-0.2, -0.15) is 0 Å². The van der Waals surface area contributed by atoms with Gasteiger partial charge in [-0.15, -0.1) is 0 Å². The van der Waals surface area contributed by atoms with Gasteiger partial charge in [0, 0.05) is 6.54 Å². The van der Waals surface area contributed by atoms with Crippen LogP contribution in [-0.4, -0.2) is 23.1 Å². The highest BCUT2D eigenvalue weighted by Crippen LogP contribution is 2.36. The third kappa shape index (κ3) is 3.67. The van der Waals surface area contributed by atoms with Gasteiger partial charge in [-0.25, -0.2) is 9.18 Å². The fourth-order valence-electron chi connectivity index (χ4n) is 2.82. The summed E-state index contributed by atoms with van der Waals surface area (Å²) in [6.07, 6.45) is 1.45. The summed E-state index contributed by atoms with van der Waals surface area (Å²) >= 11 is 0. The standard InChI is InChI=1S/C18H24FNO2/c1-12(2)15-11-13(19)8-9-14(15)16-7-6-10-20(16)17(21)22-18(3,4)5/h8-9,11,16H,1,6-7,10H2,2-5H3/t16-/m0/s1. The summed E-state index contributed by atoms with van der Waals surface area (Å²) in [6, 6.07) is 4.60. The Morgan fingerprint density at radius 3 is 2.68 bits per heavy atom. The molecule has 0 unspecified atom stereocenters. The Labute approximate surface area is 131 Å². The van der Waals surface area contributed by atoms with Gasteiger partial charge in [0.2, 0.25) is 0 Å². The van der Waals surface area contributed by atoms with Crippen molar-refractivity contribution in [2.75, 3.05) is 6.54 Å². The van der Waals surface area contributed by atoms with E-state index in [-0.39, 0.29) is 18.0 Å². The van der Waals surface area contributed by atoms with Crippen LogP contribution in [0.1, 0.15) is 57.7 Å². The van der Waals surface area contributed by atoms with Crippen LogP contribution in [0.2, 0.25) is 0 Å². The van der Waals surface area contributed by atoms with Crippen LogP contribution in [0.4, 0.5) is 9.18 Å². The van der Waals surface area contributed by atoms with Crippen LogP contribution in [0.15, 0.2) is 24.8 Å². The van der Waals surface area contributed by atoms with Gasteiger partial charge in [-0.1, -0.05) is 18.2 Å². The van der Waals surface area contributed by atoms with Gasteiger partial charge < -0.3 is 9.64 Å². The number of amides is 1. The van der Waals surface area contributed by atoms with Crippen molar-refractivity contribution in [1.82, 2.24) is 4.90 Å². The maximum atomic E-state index is 13.5. The van der Waals surface area contributed by atoms with Crippen LogP contribution in [0.3, 0.4) is 0 Å². The van der Waals surface area contributed by atoms with E-state index in [0.29, 0.717) is 6.54 Å². The summed E-state index contributed by atoms with van der Waals surface area (Å²) in [7, 11) is 0. The van der Waals surface area contributed by atoms with Crippen molar-refractivity contribution in [2.45, 2.75) is 52.2 Å². The molecule has 1 fully saturated rings. The molecule has 1 aromatic carbocycles. The molecule has 0 bridgehead atoms. The zero-order valence-corrected chi connectivity index (χ0v) is 13.8. The summed E-state index contributed by atoms with van der Waals surface area (Å²) in [4.78, 5) is 14.1. The van der Waals surface area contributed by atoms with Crippen molar-refractivity contribution >= 4 is 11.7 Å². The van der Waals surface area contributed by atoms with Gasteiger partial charge in [0.15, 0.2) is 0 Å². The molecule has 0 spiro atoms. The van der Waals surface area contributed by atoms with Gasteiger partial charge >= 0.3 is 6.09 Å². The number of halogens is 1. The SMILES string of the molecule is C=C(C)c1cc(F)ccc1[C@@H]1CCCN1C(=O)OC(C)(C)C. The Kier molecular flexibility index (Phi) is 4.59. The van der Waals surface area contributed by atoms with E-state index in [1.54, 1.807) is 11.0 Å². The maximum absolute atomic E-state index is 13.5. The first-order valence-electron chi connectivity index (χ1n) is 7.64. The molecule has 2 rings (SSSR count). The predicted molar refractivity (Wildman–Crippen MR) is 86.0 cm³/mol. The predicted octanol–water partition coefficient (Wildman–Crippen LogP) is 4.93. The number of carbonyl (C=O) groups excluding carboxylic acids is 1. The van der Waals surface area contributed by atoms with Crippen LogP contribution in [0.5, 0.6) is 0 Å². The summed E-state index contributed by atoms with van der Waals surface area (Å²) in [6.45, 7) is 12.0. The first-order valence-corrected chi connectivity index (χ1v) is 7.64. The molecule has 1 aromatic rings. The van der Waals surface area contributed by atoms with Crippen LogP contribution in [-0.2, 0) is 4.74 Å². The number of ether oxygens (including phenoxy) is 1. The summed E-state index contributed by atoms with van der Waals surface area (Å²) in [5.74, 6) is -0.288. The molecule has 0 aromatic heterocycles. The molecule has 4 heteroatoms. The Morgan fingerprint density at radius 2 is 2.09 bits per heavy atom. The van der Waals surface area contributed by atoms with Crippen LogP contribution >= 0.6 is 0 Å². The van der Waals surface area contributed by atoms with E-state index >= 15 is 0 Å². The van der Waals surface area contributed by atoms with Crippen molar-refractivity contribution in [1.29, 1.82) is 0 Å². The van der Waals surface area contributed by atoms with Gasteiger partial charge in [-0.05, 0) is 63.8 Å². The molecule has 22 heavy (non-hydrogen) atoms.